The van der Waals surface area contributed by atoms with E-state index in [4.69, 9.17) is 0 Å². The number of rotatable bonds is 10. The SMILES string of the molecule is CC(C(=O)C(O)(O)C1(C)C(=O)CC1=O)C(O)(O)C(=O)C(C(=O)O)C(O)C[N+](C)(C)C. The Kier molecular flexibility index (Phi) is 6.81. The van der Waals surface area contributed by atoms with E-state index in [1.165, 1.54) is 0 Å². The summed E-state index contributed by atoms with van der Waals surface area (Å²) in [6, 6.07) is 0. The largest absolute Gasteiger partial charge is 0.481 e. The molecule has 6 N–H and O–H groups in total. The molecule has 0 aromatic heterocycles. The number of hydrogen-bond acceptors (Lipinski definition) is 10. The van der Waals surface area contributed by atoms with E-state index in [-0.39, 0.29) is 11.0 Å². The fourth-order valence-electron chi connectivity index (χ4n) is 3.23. The molecule has 3 atom stereocenters. The van der Waals surface area contributed by atoms with Gasteiger partial charge in [0.15, 0.2) is 17.5 Å². The molecule has 0 aliphatic heterocycles. The van der Waals surface area contributed by atoms with Crippen molar-refractivity contribution < 1.29 is 59.1 Å². The lowest BCUT2D eigenvalue weighted by Crippen LogP contribution is -2.69. The van der Waals surface area contributed by atoms with Gasteiger partial charge in [-0.2, -0.15) is 0 Å². The number of carbonyl (C=O) groups is 5. The normalized spacial score (nSPS) is 20.2. The van der Waals surface area contributed by atoms with Crippen LogP contribution in [0.5, 0.6) is 0 Å². The molecule has 12 heteroatoms. The zero-order valence-corrected chi connectivity index (χ0v) is 17.3. The van der Waals surface area contributed by atoms with Crippen molar-refractivity contribution in [2.75, 3.05) is 27.7 Å². The predicted molar refractivity (Wildman–Crippen MR) is 96.3 cm³/mol. The summed E-state index contributed by atoms with van der Waals surface area (Å²) in [5, 5.41) is 60.4. The Hall–Kier alpha value is -2.09. The monoisotopic (exact) mass is 434 g/mol. The van der Waals surface area contributed by atoms with Crippen molar-refractivity contribution in [1.82, 2.24) is 0 Å². The molecule has 0 bridgehead atoms. The average molecular weight is 434 g/mol. The number of Topliss-reactive ketones (excluding diaryl/α,β-unsaturated/α-hetero) is 4. The van der Waals surface area contributed by atoms with Crippen LogP contribution >= 0.6 is 0 Å². The molecule has 3 unspecified atom stereocenters. The summed E-state index contributed by atoms with van der Waals surface area (Å²) < 4.78 is 0.00946. The molecule has 0 heterocycles. The summed E-state index contributed by atoms with van der Waals surface area (Å²) in [5.74, 6) is -19.7. The number of carboxylic acid groups (broad SMARTS) is 1. The van der Waals surface area contributed by atoms with Crippen molar-refractivity contribution in [3.8, 4) is 0 Å². The number of carboxylic acids is 1. The molecule has 0 saturated heterocycles. The Labute approximate surface area is 171 Å². The third kappa shape index (κ3) is 4.19. The average Bonchev–Trinajstić information content (AvgIpc) is 2.57. The second-order valence-electron chi connectivity index (χ2n) is 8.85. The molecular formula is C18H28NO11+. The first-order valence-corrected chi connectivity index (χ1v) is 8.99. The number of aliphatic hydroxyl groups is 5. The van der Waals surface area contributed by atoms with E-state index in [2.05, 4.69) is 0 Å². The molecule has 0 spiro atoms. The van der Waals surface area contributed by atoms with Gasteiger partial charge in [0, 0.05) is 0 Å². The minimum absolute atomic E-state index is 0.00946. The Morgan fingerprint density at radius 1 is 1.03 bits per heavy atom. The standard InChI is InChI=1S/C18H27NO11/c1-8(13(23)18(29,30)16(2)10(21)6-11(16)22)17(27,28)14(24)12(15(25)26)9(20)7-19(3,4)5/h8-9,12,20,27-30H,6-7H2,1-5H3/p+1. The van der Waals surface area contributed by atoms with Crippen molar-refractivity contribution in [1.29, 1.82) is 0 Å². The highest BCUT2D eigenvalue weighted by molar-refractivity contribution is 6.27. The summed E-state index contributed by atoms with van der Waals surface area (Å²) in [4.78, 5) is 60.1. The van der Waals surface area contributed by atoms with Crippen LogP contribution in [-0.4, -0.2) is 110 Å². The van der Waals surface area contributed by atoms with Gasteiger partial charge in [-0.3, -0.25) is 24.0 Å². The molecule has 170 valence electrons. The first kappa shape index (κ1) is 25.9. The van der Waals surface area contributed by atoms with Crippen LogP contribution in [-0.2, 0) is 24.0 Å². The number of carbonyl (C=O) groups excluding carboxylic acids is 4. The first-order chi connectivity index (χ1) is 13.2. The van der Waals surface area contributed by atoms with E-state index in [9.17, 15) is 54.6 Å². The van der Waals surface area contributed by atoms with Crippen LogP contribution in [0.3, 0.4) is 0 Å². The van der Waals surface area contributed by atoms with E-state index >= 15 is 0 Å². The smallest absolute Gasteiger partial charge is 0.317 e. The van der Waals surface area contributed by atoms with Crippen molar-refractivity contribution in [2.45, 2.75) is 37.9 Å². The van der Waals surface area contributed by atoms with Crippen LogP contribution in [0.4, 0.5) is 0 Å². The van der Waals surface area contributed by atoms with Crippen LogP contribution in [0.2, 0.25) is 0 Å². The van der Waals surface area contributed by atoms with E-state index in [0.717, 1.165) is 6.92 Å². The molecular weight excluding hydrogens is 406 g/mol. The van der Waals surface area contributed by atoms with Gasteiger partial charge in [0.1, 0.15) is 18.1 Å². The molecule has 0 aromatic rings. The highest BCUT2D eigenvalue weighted by Crippen LogP contribution is 2.44. The van der Waals surface area contributed by atoms with Gasteiger partial charge in [0.25, 0.3) is 0 Å². The Morgan fingerprint density at radius 2 is 1.47 bits per heavy atom. The molecule has 30 heavy (non-hydrogen) atoms. The maximum Gasteiger partial charge on any atom is 0.317 e. The lowest BCUT2D eigenvalue weighted by atomic mass is 9.60. The maximum absolute atomic E-state index is 12.6. The zero-order chi connectivity index (χ0) is 24.0. The summed E-state index contributed by atoms with van der Waals surface area (Å²) in [7, 11) is 4.72. The maximum atomic E-state index is 12.6. The molecule has 1 aliphatic carbocycles. The quantitative estimate of drug-likeness (QED) is 0.113. The fraction of sp³-hybridized carbons (Fsp3) is 0.722. The molecule has 0 amide bonds. The third-order valence-corrected chi connectivity index (χ3v) is 5.51. The van der Waals surface area contributed by atoms with Crippen molar-refractivity contribution in [2.24, 2.45) is 17.3 Å². The number of ketones is 4. The van der Waals surface area contributed by atoms with E-state index in [0.29, 0.717) is 6.92 Å². The van der Waals surface area contributed by atoms with Crippen LogP contribution in [0, 0.1) is 17.3 Å². The first-order valence-electron chi connectivity index (χ1n) is 8.99. The summed E-state index contributed by atoms with van der Waals surface area (Å²) in [6.07, 6.45) is -2.53. The van der Waals surface area contributed by atoms with Crippen LogP contribution in [0.1, 0.15) is 20.3 Å². The molecule has 1 aliphatic rings. The number of likely N-dealkylation sites (N-methyl/N-ethyl adjacent to an activating group) is 1. The second-order valence-corrected chi connectivity index (χ2v) is 8.85. The van der Waals surface area contributed by atoms with Gasteiger partial charge < -0.3 is 35.1 Å². The number of aliphatic carboxylic acids is 1. The topological polar surface area (TPSA) is 207 Å². The van der Waals surface area contributed by atoms with Crippen LogP contribution < -0.4 is 0 Å². The molecule has 1 rings (SSSR count). The second kappa shape index (κ2) is 7.87. The fourth-order valence-corrected chi connectivity index (χ4v) is 3.23. The van der Waals surface area contributed by atoms with Gasteiger partial charge in [0.2, 0.25) is 23.1 Å². The minimum Gasteiger partial charge on any atom is -0.481 e. The van der Waals surface area contributed by atoms with Crippen molar-refractivity contribution in [3.05, 3.63) is 0 Å². The molecule has 1 saturated carbocycles. The number of nitrogens with zero attached hydrogens (tertiary/aromatic N) is 1. The number of aliphatic hydroxyl groups excluding tert-OH is 1. The highest BCUT2D eigenvalue weighted by atomic mass is 16.5. The summed E-state index contributed by atoms with van der Waals surface area (Å²) in [5.41, 5.74) is -2.56. The summed E-state index contributed by atoms with van der Waals surface area (Å²) in [6.45, 7) is 1.19. The Morgan fingerprint density at radius 3 is 1.80 bits per heavy atom. The van der Waals surface area contributed by atoms with Gasteiger partial charge in [-0.15, -0.1) is 0 Å². The lowest BCUT2D eigenvalue weighted by Gasteiger charge is -2.44. The Balaban J connectivity index is 3.25. The predicted octanol–water partition coefficient (Wildman–Crippen LogP) is -3.56. The molecule has 0 radical (unpaired) electrons. The number of quaternary nitrogens is 1. The lowest BCUT2D eigenvalue weighted by molar-refractivity contribution is -0.873. The van der Waals surface area contributed by atoms with E-state index in [1.807, 2.05) is 0 Å². The van der Waals surface area contributed by atoms with E-state index in [1.54, 1.807) is 21.1 Å². The zero-order valence-electron chi connectivity index (χ0n) is 17.3. The van der Waals surface area contributed by atoms with Gasteiger partial charge in [0.05, 0.1) is 33.5 Å². The summed E-state index contributed by atoms with van der Waals surface area (Å²) >= 11 is 0. The van der Waals surface area contributed by atoms with Crippen LogP contribution in [0.15, 0.2) is 0 Å². The molecule has 12 nitrogen and oxygen atoms in total. The van der Waals surface area contributed by atoms with Gasteiger partial charge in [-0.05, 0) is 13.8 Å². The van der Waals surface area contributed by atoms with Gasteiger partial charge in [-0.25, -0.2) is 0 Å². The number of hydrogen-bond donors (Lipinski definition) is 6. The van der Waals surface area contributed by atoms with Crippen molar-refractivity contribution in [3.63, 3.8) is 0 Å². The molecule has 1 fully saturated rings. The van der Waals surface area contributed by atoms with Crippen LogP contribution in [0.25, 0.3) is 0 Å². The van der Waals surface area contributed by atoms with E-state index < -0.39 is 70.5 Å². The Bertz CT molecular complexity index is 763. The van der Waals surface area contributed by atoms with Gasteiger partial charge >= 0.3 is 5.97 Å². The highest BCUT2D eigenvalue weighted by Gasteiger charge is 2.68. The van der Waals surface area contributed by atoms with Gasteiger partial charge in [-0.1, -0.05) is 0 Å². The van der Waals surface area contributed by atoms with Crippen molar-refractivity contribution >= 4 is 29.1 Å². The third-order valence-electron chi connectivity index (χ3n) is 5.51. The molecule has 0 aromatic carbocycles. The minimum atomic E-state index is -3.76.